The molecule has 29 heavy (non-hydrogen) atoms. The molecule has 1 aliphatic heterocycles. The van der Waals surface area contributed by atoms with E-state index in [0.717, 1.165) is 34.7 Å². The van der Waals surface area contributed by atoms with Crippen molar-refractivity contribution < 1.29 is 28.4 Å². The Morgan fingerprint density at radius 2 is 2.03 bits per heavy atom. The van der Waals surface area contributed by atoms with Crippen molar-refractivity contribution in [3.8, 4) is 5.75 Å². The lowest BCUT2D eigenvalue weighted by atomic mass is 9.82. The van der Waals surface area contributed by atoms with Crippen molar-refractivity contribution in [1.29, 1.82) is 0 Å². The van der Waals surface area contributed by atoms with Gasteiger partial charge >= 0.3 is 6.03 Å². The van der Waals surface area contributed by atoms with E-state index in [4.69, 9.17) is 4.74 Å². The largest absolute Gasteiger partial charge is 0.494 e. The second-order valence-corrected chi connectivity index (χ2v) is 7.67. The van der Waals surface area contributed by atoms with Crippen LogP contribution in [0.15, 0.2) is 18.2 Å². The molecule has 1 aromatic carbocycles. The van der Waals surface area contributed by atoms with Crippen LogP contribution in [-0.2, 0) is 16.1 Å². The number of likely N-dealkylation sites (N-methyl/N-ethyl adjacent to an activating group) is 1. The molecule has 1 unspecified atom stereocenters. The van der Waals surface area contributed by atoms with Crippen LogP contribution in [0.3, 0.4) is 0 Å². The molecule has 1 saturated carbocycles. The lowest BCUT2D eigenvalue weighted by Crippen LogP contribution is -3.11. The van der Waals surface area contributed by atoms with E-state index >= 15 is 0 Å². The molecular weight excluding hydrogens is 379 g/mol. The zero-order valence-electron chi connectivity index (χ0n) is 16.8. The zero-order valence-corrected chi connectivity index (χ0v) is 16.8. The average Bonchev–Trinajstić information content (AvgIpc) is 2.92. The van der Waals surface area contributed by atoms with Gasteiger partial charge in [0, 0.05) is 5.56 Å². The first-order chi connectivity index (χ1) is 13.9. The van der Waals surface area contributed by atoms with Gasteiger partial charge in [-0.25, -0.2) is 9.18 Å². The van der Waals surface area contributed by atoms with Gasteiger partial charge in [-0.1, -0.05) is 19.3 Å². The minimum atomic E-state index is -0.874. The van der Waals surface area contributed by atoms with E-state index in [1.54, 1.807) is 12.1 Å². The second kappa shape index (κ2) is 8.77. The van der Waals surface area contributed by atoms with Crippen molar-refractivity contribution in [3.63, 3.8) is 0 Å². The molecule has 158 valence electrons. The number of benzene rings is 1. The summed E-state index contributed by atoms with van der Waals surface area (Å²) in [7, 11) is 1.40. The van der Waals surface area contributed by atoms with Crippen molar-refractivity contribution in [2.24, 2.45) is 0 Å². The Hall–Kier alpha value is -2.68. The minimum absolute atomic E-state index is 0.0498. The lowest BCUT2D eigenvalue weighted by molar-refractivity contribution is -0.904. The van der Waals surface area contributed by atoms with Crippen LogP contribution in [-0.4, -0.2) is 48.6 Å². The fourth-order valence-electron chi connectivity index (χ4n) is 4.03. The molecule has 1 aliphatic carbocycles. The molecule has 1 aromatic rings. The third-order valence-corrected chi connectivity index (χ3v) is 5.69. The molecule has 0 aromatic heterocycles. The Balaban J connectivity index is 1.59. The molecule has 0 radical (unpaired) electrons. The standard InChI is InChI=1S/C20H27FN4O4/c1-3-24(12-14-7-8-16(29-2)15(21)11-14)13-17(26)23-25-18(27)20(22-19(25)28)9-5-4-6-10-20/h7-8,11H,3-6,9-10,12-13H2,1-2H3,(H,22,28)(H,23,26)/p+1. The van der Waals surface area contributed by atoms with Gasteiger partial charge in [-0.05, 0) is 38.0 Å². The predicted octanol–water partition coefficient (Wildman–Crippen LogP) is 0.525. The molecule has 2 fully saturated rings. The fraction of sp³-hybridized carbons (Fsp3) is 0.550. The van der Waals surface area contributed by atoms with Gasteiger partial charge in [-0.15, -0.1) is 0 Å². The van der Waals surface area contributed by atoms with E-state index in [1.807, 2.05) is 6.92 Å². The Morgan fingerprint density at radius 1 is 1.31 bits per heavy atom. The van der Waals surface area contributed by atoms with Crippen molar-refractivity contribution in [1.82, 2.24) is 15.8 Å². The maximum Gasteiger partial charge on any atom is 0.344 e. The van der Waals surface area contributed by atoms with E-state index in [0.29, 0.717) is 25.9 Å². The highest BCUT2D eigenvalue weighted by molar-refractivity contribution is 6.08. The van der Waals surface area contributed by atoms with Crippen LogP contribution >= 0.6 is 0 Å². The molecule has 1 spiro atoms. The summed E-state index contributed by atoms with van der Waals surface area (Å²) in [5.41, 5.74) is 2.30. The van der Waals surface area contributed by atoms with E-state index in [1.165, 1.54) is 13.2 Å². The molecule has 3 rings (SSSR count). The van der Waals surface area contributed by atoms with Crippen LogP contribution in [0, 0.1) is 5.82 Å². The predicted molar refractivity (Wildman–Crippen MR) is 102 cm³/mol. The zero-order chi connectivity index (χ0) is 21.0. The van der Waals surface area contributed by atoms with E-state index in [-0.39, 0.29) is 18.2 Å². The van der Waals surface area contributed by atoms with Gasteiger partial charge in [0.2, 0.25) is 0 Å². The number of carbonyl (C=O) groups is 3. The third kappa shape index (κ3) is 4.50. The Labute approximate surface area is 169 Å². The molecule has 0 bridgehead atoms. The molecular formula is C20H28FN4O4+. The minimum Gasteiger partial charge on any atom is -0.494 e. The van der Waals surface area contributed by atoms with Crippen molar-refractivity contribution >= 4 is 17.8 Å². The number of hydrogen-bond donors (Lipinski definition) is 3. The molecule has 9 heteroatoms. The number of urea groups is 1. The van der Waals surface area contributed by atoms with Crippen molar-refractivity contribution in [2.45, 2.75) is 51.1 Å². The highest BCUT2D eigenvalue weighted by atomic mass is 19.1. The SMILES string of the molecule is CC[NH+](CC(=O)NN1C(=O)NC2(CCCCC2)C1=O)Cc1ccc(OC)c(F)c1. The summed E-state index contributed by atoms with van der Waals surface area (Å²) in [6, 6.07) is 4.10. The summed E-state index contributed by atoms with van der Waals surface area (Å²) < 4.78 is 18.8. The van der Waals surface area contributed by atoms with E-state index in [2.05, 4.69) is 10.7 Å². The normalized spacial score (nSPS) is 19.2. The number of ether oxygens (including phenoxy) is 1. The number of nitrogens with one attached hydrogen (secondary N) is 3. The monoisotopic (exact) mass is 407 g/mol. The van der Waals surface area contributed by atoms with Crippen LogP contribution in [0.4, 0.5) is 9.18 Å². The number of amides is 4. The van der Waals surface area contributed by atoms with Gasteiger partial charge in [0.1, 0.15) is 12.1 Å². The summed E-state index contributed by atoms with van der Waals surface area (Å²) in [6.07, 6.45) is 3.98. The molecule has 4 amide bonds. The lowest BCUT2D eigenvalue weighted by Gasteiger charge is -2.30. The molecule has 1 saturated heterocycles. The molecule has 8 nitrogen and oxygen atoms in total. The number of rotatable bonds is 7. The number of nitrogens with zero attached hydrogens (tertiary/aromatic N) is 1. The summed E-state index contributed by atoms with van der Waals surface area (Å²) in [4.78, 5) is 38.4. The first-order valence-electron chi connectivity index (χ1n) is 10.0. The number of hydrogen-bond acceptors (Lipinski definition) is 4. The van der Waals surface area contributed by atoms with Crippen molar-refractivity contribution in [2.75, 3.05) is 20.2 Å². The van der Waals surface area contributed by atoms with Gasteiger partial charge in [0.15, 0.2) is 18.1 Å². The average molecular weight is 407 g/mol. The van der Waals surface area contributed by atoms with Crippen LogP contribution in [0.25, 0.3) is 0 Å². The number of carbonyl (C=O) groups excluding carboxylic acids is 3. The highest BCUT2D eigenvalue weighted by Gasteiger charge is 2.52. The summed E-state index contributed by atoms with van der Waals surface area (Å²) in [5, 5.41) is 3.57. The Morgan fingerprint density at radius 3 is 2.66 bits per heavy atom. The number of quaternary nitrogens is 1. The summed E-state index contributed by atoms with van der Waals surface area (Å²) >= 11 is 0. The Bertz CT molecular complexity index is 795. The van der Waals surface area contributed by atoms with Gasteiger partial charge in [-0.3, -0.25) is 15.0 Å². The number of imide groups is 1. The summed E-state index contributed by atoms with van der Waals surface area (Å²) in [5.74, 6) is -1.11. The smallest absolute Gasteiger partial charge is 0.344 e. The van der Waals surface area contributed by atoms with Crippen molar-refractivity contribution in [3.05, 3.63) is 29.6 Å². The van der Waals surface area contributed by atoms with Gasteiger partial charge in [0.05, 0.1) is 13.7 Å². The van der Waals surface area contributed by atoms with Crippen LogP contribution < -0.4 is 20.4 Å². The van der Waals surface area contributed by atoms with Gasteiger partial charge < -0.3 is 15.0 Å². The maximum atomic E-state index is 13.9. The van der Waals surface area contributed by atoms with Gasteiger partial charge in [0.25, 0.3) is 11.8 Å². The van der Waals surface area contributed by atoms with Crippen LogP contribution in [0.1, 0.15) is 44.6 Å². The molecule has 1 atom stereocenters. The topological polar surface area (TPSA) is 92.2 Å². The number of hydrazine groups is 1. The Kier molecular flexibility index (Phi) is 6.36. The maximum absolute atomic E-state index is 13.9. The third-order valence-electron chi connectivity index (χ3n) is 5.69. The molecule has 3 N–H and O–H groups in total. The number of halogens is 1. The second-order valence-electron chi connectivity index (χ2n) is 7.67. The molecule has 2 aliphatic rings. The number of methoxy groups -OCH3 is 1. The van der Waals surface area contributed by atoms with Crippen LogP contribution in [0.5, 0.6) is 5.75 Å². The quantitative estimate of drug-likeness (QED) is 0.575. The van der Waals surface area contributed by atoms with E-state index in [9.17, 15) is 18.8 Å². The van der Waals surface area contributed by atoms with E-state index < -0.39 is 23.3 Å². The first-order valence-corrected chi connectivity index (χ1v) is 10.0. The fourth-order valence-corrected chi connectivity index (χ4v) is 4.03. The molecule has 1 heterocycles. The highest BCUT2D eigenvalue weighted by Crippen LogP contribution is 2.32. The summed E-state index contributed by atoms with van der Waals surface area (Å²) in [6.45, 7) is 3.00. The first kappa shape index (κ1) is 21.0. The van der Waals surface area contributed by atoms with Gasteiger partial charge in [-0.2, -0.15) is 5.01 Å². The van der Waals surface area contributed by atoms with Crippen LogP contribution in [0.2, 0.25) is 0 Å².